The maximum atomic E-state index is 13.3. The van der Waals surface area contributed by atoms with Gasteiger partial charge in [-0.15, -0.1) is 0 Å². The number of cyclic esters (lactones) is 1. The van der Waals surface area contributed by atoms with Crippen LogP contribution in [0.2, 0.25) is 0 Å². The molecule has 11 nitrogen and oxygen atoms in total. The van der Waals surface area contributed by atoms with Gasteiger partial charge in [0.2, 0.25) is 18.4 Å². The third-order valence-electron chi connectivity index (χ3n) is 8.15. The van der Waals surface area contributed by atoms with Gasteiger partial charge in [0.05, 0.1) is 39.2 Å². The standard InChI is InChI=1S/C29H30N2O9/c1-4-5-6-31-23(32)11-18(28(31)34)30-26-16-10-20-19(39-13-40-20)9-15(16)24(25-17(26)12-38-29(25)35)14-7-21(36-2)27(33)22(8-14)37-3/h7-10,17,24-26,33H,4-6,11-13H2,1-3H3/t17-,24+,25-,26+/m0/s1. The maximum Gasteiger partial charge on any atom is 0.310 e. The second kappa shape index (κ2) is 10.0. The molecule has 1 N–H and O–H groups in total. The van der Waals surface area contributed by atoms with Gasteiger partial charge in [-0.05, 0) is 47.4 Å². The number of methoxy groups -OCH3 is 2. The van der Waals surface area contributed by atoms with Gasteiger partial charge >= 0.3 is 5.97 Å². The highest BCUT2D eigenvalue weighted by Gasteiger charge is 2.53. The number of amides is 2. The summed E-state index contributed by atoms with van der Waals surface area (Å²) in [6.45, 7) is 2.50. The lowest BCUT2D eigenvalue weighted by Gasteiger charge is -2.37. The lowest BCUT2D eigenvalue weighted by molar-refractivity contribution is -0.142. The van der Waals surface area contributed by atoms with E-state index in [2.05, 4.69) is 0 Å². The molecule has 1 aliphatic carbocycles. The number of carbonyl (C=O) groups excluding carboxylic acids is 3. The Morgan fingerprint density at radius 2 is 1.68 bits per heavy atom. The number of esters is 1. The van der Waals surface area contributed by atoms with Crippen LogP contribution in [0.25, 0.3) is 0 Å². The van der Waals surface area contributed by atoms with Gasteiger partial charge in [0.25, 0.3) is 5.91 Å². The van der Waals surface area contributed by atoms with Crippen LogP contribution < -0.4 is 18.9 Å². The van der Waals surface area contributed by atoms with Crippen LogP contribution in [0.5, 0.6) is 28.7 Å². The first-order valence-electron chi connectivity index (χ1n) is 13.3. The predicted octanol–water partition coefficient (Wildman–Crippen LogP) is 3.11. The molecule has 2 amide bonds. The molecule has 2 saturated heterocycles. The first-order chi connectivity index (χ1) is 19.4. The van der Waals surface area contributed by atoms with Crippen molar-refractivity contribution in [1.29, 1.82) is 0 Å². The molecule has 0 bridgehead atoms. The van der Waals surface area contributed by atoms with Crippen molar-refractivity contribution < 1.29 is 43.2 Å². The minimum atomic E-state index is -0.662. The third-order valence-corrected chi connectivity index (χ3v) is 8.15. The highest BCUT2D eigenvalue weighted by atomic mass is 16.7. The van der Waals surface area contributed by atoms with Gasteiger partial charge < -0.3 is 28.8 Å². The number of unbranched alkanes of at least 4 members (excludes halogenated alkanes) is 1. The van der Waals surface area contributed by atoms with E-state index < -0.39 is 35.7 Å². The number of aliphatic imine (C=N–C) groups is 1. The first-order valence-corrected chi connectivity index (χ1v) is 13.3. The summed E-state index contributed by atoms with van der Waals surface area (Å²) in [4.78, 5) is 45.3. The predicted molar refractivity (Wildman–Crippen MR) is 140 cm³/mol. The topological polar surface area (TPSA) is 133 Å². The summed E-state index contributed by atoms with van der Waals surface area (Å²) in [5, 5.41) is 10.5. The van der Waals surface area contributed by atoms with Crippen molar-refractivity contribution >= 4 is 23.5 Å². The van der Waals surface area contributed by atoms with Crippen LogP contribution in [0.3, 0.4) is 0 Å². The lowest BCUT2D eigenvalue weighted by Crippen LogP contribution is -2.35. The van der Waals surface area contributed by atoms with Gasteiger partial charge in [0.15, 0.2) is 23.0 Å². The Morgan fingerprint density at radius 3 is 2.33 bits per heavy atom. The zero-order valence-corrected chi connectivity index (χ0v) is 22.5. The summed E-state index contributed by atoms with van der Waals surface area (Å²) >= 11 is 0. The third kappa shape index (κ3) is 4.02. The quantitative estimate of drug-likeness (QED) is 0.408. The number of rotatable bonds is 7. The summed E-state index contributed by atoms with van der Waals surface area (Å²) in [6, 6.07) is 6.39. The number of likely N-dealkylation sites (tertiary alicyclic amines) is 1. The van der Waals surface area contributed by atoms with Gasteiger partial charge in [-0.25, -0.2) is 0 Å². The molecule has 6 rings (SSSR count). The average molecular weight is 551 g/mol. The molecule has 4 atom stereocenters. The molecule has 11 heteroatoms. The molecule has 4 aliphatic rings. The molecular formula is C29H30N2O9. The van der Waals surface area contributed by atoms with Crippen molar-refractivity contribution in [2.45, 2.75) is 38.1 Å². The second-order valence-corrected chi connectivity index (χ2v) is 10.3. The van der Waals surface area contributed by atoms with E-state index in [0.717, 1.165) is 24.0 Å². The molecular weight excluding hydrogens is 520 g/mol. The van der Waals surface area contributed by atoms with Crippen LogP contribution in [0.4, 0.5) is 0 Å². The van der Waals surface area contributed by atoms with E-state index in [1.807, 2.05) is 19.1 Å². The van der Waals surface area contributed by atoms with E-state index >= 15 is 0 Å². The van der Waals surface area contributed by atoms with Crippen LogP contribution in [-0.4, -0.2) is 67.7 Å². The highest BCUT2D eigenvalue weighted by Crippen LogP contribution is 2.56. The van der Waals surface area contributed by atoms with E-state index in [0.29, 0.717) is 23.6 Å². The first kappa shape index (κ1) is 26.0. The Bertz CT molecular complexity index is 1410. The monoisotopic (exact) mass is 550 g/mol. The van der Waals surface area contributed by atoms with Crippen molar-refractivity contribution in [1.82, 2.24) is 4.90 Å². The maximum absolute atomic E-state index is 13.3. The molecule has 2 aromatic carbocycles. The normalized spacial score (nSPS) is 25.7. The van der Waals surface area contributed by atoms with E-state index in [1.165, 1.54) is 19.1 Å². The highest BCUT2D eigenvalue weighted by molar-refractivity contribution is 6.48. The molecule has 3 heterocycles. The molecule has 0 spiro atoms. The van der Waals surface area contributed by atoms with Gasteiger partial charge in [0, 0.05) is 18.4 Å². The number of ether oxygens (including phenoxy) is 5. The molecule has 2 fully saturated rings. The van der Waals surface area contributed by atoms with E-state index in [9.17, 15) is 19.5 Å². The minimum Gasteiger partial charge on any atom is -0.502 e. The van der Waals surface area contributed by atoms with Crippen LogP contribution in [0.15, 0.2) is 29.3 Å². The molecule has 2 aromatic rings. The number of hydrogen-bond acceptors (Lipinski definition) is 10. The number of hydrogen-bond donors (Lipinski definition) is 1. The Balaban J connectivity index is 1.51. The number of aromatic hydroxyl groups is 1. The van der Waals surface area contributed by atoms with Gasteiger partial charge in [-0.2, -0.15) is 0 Å². The van der Waals surface area contributed by atoms with Crippen molar-refractivity contribution in [3.05, 3.63) is 41.0 Å². The Labute approximate surface area is 230 Å². The smallest absolute Gasteiger partial charge is 0.310 e. The fourth-order valence-corrected chi connectivity index (χ4v) is 6.19. The van der Waals surface area contributed by atoms with Crippen molar-refractivity contribution in [2.24, 2.45) is 16.8 Å². The number of phenols is 1. The molecule has 0 aromatic heterocycles. The minimum absolute atomic E-state index is 0.0528. The molecule has 40 heavy (non-hydrogen) atoms. The number of carbonyl (C=O) groups is 3. The average Bonchev–Trinajstić information content (AvgIpc) is 3.64. The number of fused-ring (bicyclic) bond motifs is 3. The fourth-order valence-electron chi connectivity index (χ4n) is 6.19. The zero-order valence-electron chi connectivity index (χ0n) is 22.5. The number of benzene rings is 2. The van der Waals surface area contributed by atoms with Gasteiger partial charge in [-0.3, -0.25) is 24.3 Å². The van der Waals surface area contributed by atoms with Crippen LogP contribution in [-0.2, 0) is 19.1 Å². The van der Waals surface area contributed by atoms with Crippen molar-refractivity contribution in [3.63, 3.8) is 0 Å². The Kier molecular flexibility index (Phi) is 6.52. The van der Waals surface area contributed by atoms with Crippen LogP contribution in [0.1, 0.15) is 54.8 Å². The Hall–Kier alpha value is -4.28. The molecule has 0 saturated carbocycles. The lowest BCUT2D eigenvalue weighted by atomic mass is 9.65. The Morgan fingerprint density at radius 1 is 1.00 bits per heavy atom. The number of nitrogens with zero attached hydrogens (tertiary/aromatic N) is 2. The van der Waals surface area contributed by atoms with Crippen LogP contribution >= 0.6 is 0 Å². The second-order valence-electron chi connectivity index (χ2n) is 10.3. The van der Waals surface area contributed by atoms with E-state index in [-0.39, 0.29) is 48.7 Å². The molecule has 0 radical (unpaired) electrons. The molecule has 0 unspecified atom stereocenters. The summed E-state index contributed by atoms with van der Waals surface area (Å²) in [7, 11) is 2.88. The van der Waals surface area contributed by atoms with Gasteiger partial charge in [0.1, 0.15) is 5.71 Å². The fraction of sp³-hybridized carbons (Fsp3) is 0.448. The summed E-state index contributed by atoms with van der Waals surface area (Å²) in [6.07, 6.45) is 1.49. The number of phenolic OH excluding ortho intramolecular Hbond substituents is 1. The van der Waals surface area contributed by atoms with E-state index in [1.54, 1.807) is 12.1 Å². The molecule has 3 aliphatic heterocycles. The van der Waals surface area contributed by atoms with Crippen molar-refractivity contribution in [2.75, 3.05) is 34.2 Å². The molecule has 210 valence electrons. The van der Waals surface area contributed by atoms with Crippen molar-refractivity contribution in [3.8, 4) is 28.7 Å². The SMILES string of the molecule is CCCCN1C(=O)CC(=N[C@@H]2c3cc4c(cc3[C@@H](c3cc(OC)c(O)c(OC)c3)[C@H]3C(=O)OC[C@@H]32)OCO4)C1=O. The summed E-state index contributed by atoms with van der Waals surface area (Å²) < 4.78 is 27.7. The largest absolute Gasteiger partial charge is 0.502 e. The number of imide groups is 1. The zero-order chi connectivity index (χ0) is 28.1. The van der Waals surface area contributed by atoms with Crippen LogP contribution in [0, 0.1) is 11.8 Å². The summed E-state index contributed by atoms with van der Waals surface area (Å²) in [5.41, 5.74) is 2.34. The van der Waals surface area contributed by atoms with Gasteiger partial charge in [-0.1, -0.05) is 13.3 Å². The van der Waals surface area contributed by atoms with E-state index in [4.69, 9.17) is 28.7 Å². The summed E-state index contributed by atoms with van der Waals surface area (Å²) in [5.74, 6) is -1.36.